The minimum Gasteiger partial charge on any atom is -0.393 e. The smallest absolute Gasteiger partial charge is 0.267 e. The van der Waals surface area contributed by atoms with Gasteiger partial charge in [0.2, 0.25) is 0 Å². The van der Waals surface area contributed by atoms with Crippen molar-refractivity contribution in [2.75, 3.05) is 6.54 Å². The third kappa shape index (κ3) is 4.36. The van der Waals surface area contributed by atoms with Crippen LogP contribution in [0.4, 0.5) is 0 Å². The minimum absolute atomic E-state index is 0.174. The summed E-state index contributed by atoms with van der Waals surface area (Å²) in [6.45, 7) is 2.28. The number of H-pyrrole nitrogens is 1. The Kier molecular flexibility index (Phi) is 4.65. The van der Waals surface area contributed by atoms with Crippen LogP contribution in [0.15, 0.2) is 12.3 Å². The van der Waals surface area contributed by atoms with Crippen LogP contribution in [0.1, 0.15) is 30.3 Å². The zero-order valence-corrected chi connectivity index (χ0v) is 9.34. The lowest BCUT2D eigenvalue weighted by Crippen LogP contribution is -2.25. The Balaban J connectivity index is 2.25. The van der Waals surface area contributed by atoms with Gasteiger partial charge >= 0.3 is 0 Å². The van der Waals surface area contributed by atoms with Gasteiger partial charge in [0.25, 0.3) is 5.91 Å². The molecule has 0 aliphatic rings. The molecule has 0 saturated carbocycles. The molecule has 1 unspecified atom stereocenters. The van der Waals surface area contributed by atoms with Gasteiger partial charge in [-0.2, -0.15) is 0 Å². The number of rotatable bonds is 5. The van der Waals surface area contributed by atoms with Crippen molar-refractivity contribution in [3.05, 3.63) is 23.0 Å². The van der Waals surface area contributed by atoms with Crippen LogP contribution < -0.4 is 5.32 Å². The maximum absolute atomic E-state index is 11.4. The van der Waals surface area contributed by atoms with Crippen LogP contribution in [0, 0.1) is 0 Å². The second-order valence-corrected chi connectivity index (χ2v) is 3.92. The highest BCUT2D eigenvalue weighted by molar-refractivity contribution is 6.30. The average Bonchev–Trinajstić information content (AvgIpc) is 2.59. The van der Waals surface area contributed by atoms with E-state index in [0.717, 1.165) is 6.42 Å². The molecule has 1 heterocycles. The molecule has 0 bridgehead atoms. The highest BCUT2D eigenvalue weighted by Gasteiger charge is 2.06. The van der Waals surface area contributed by atoms with Gasteiger partial charge in [-0.1, -0.05) is 11.6 Å². The number of aromatic nitrogens is 1. The minimum atomic E-state index is -0.318. The van der Waals surface area contributed by atoms with Crippen LogP contribution in [0.25, 0.3) is 0 Å². The van der Waals surface area contributed by atoms with E-state index in [9.17, 15) is 4.79 Å². The first-order valence-corrected chi connectivity index (χ1v) is 5.27. The number of halogens is 1. The SMILES string of the molecule is CC(O)CCCNC(=O)c1cc(Cl)c[nH]1. The molecule has 4 nitrogen and oxygen atoms in total. The third-order valence-corrected chi connectivity index (χ3v) is 2.19. The fourth-order valence-corrected chi connectivity index (χ4v) is 1.36. The summed E-state index contributed by atoms with van der Waals surface area (Å²) in [5, 5.41) is 12.2. The maximum Gasteiger partial charge on any atom is 0.267 e. The van der Waals surface area contributed by atoms with E-state index in [1.54, 1.807) is 19.2 Å². The van der Waals surface area contributed by atoms with E-state index in [1.807, 2.05) is 0 Å². The Hall–Kier alpha value is -1.00. The Bertz CT molecular complexity index is 323. The summed E-state index contributed by atoms with van der Waals surface area (Å²) in [4.78, 5) is 14.2. The van der Waals surface area contributed by atoms with Gasteiger partial charge in [0.15, 0.2) is 0 Å². The number of hydrogen-bond acceptors (Lipinski definition) is 2. The van der Waals surface area contributed by atoms with Crippen molar-refractivity contribution in [3.8, 4) is 0 Å². The largest absolute Gasteiger partial charge is 0.393 e. The first-order valence-electron chi connectivity index (χ1n) is 4.90. The standard InChI is InChI=1S/C10H15ClN2O2/c1-7(14)3-2-4-12-10(15)9-5-8(11)6-13-9/h5-7,13-14H,2-4H2,1H3,(H,12,15). The molecule has 1 rings (SSSR count). The van der Waals surface area contributed by atoms with Gasteiger partial charge in [0, 0.05) is 12.7 Å². The lowest BCUT2D eigenvalue weighted by Gasteiger charge is -2.05. The van der Waals surface area contributed by atoms with Crippen molar-refractivity contribution < 1.29 is 9.90 Å². The van der Waals surface area contributed by atoms with E-state index < -0.39 is 0 Å². The molecule has 1 atom stereocenters. The second kappa shape index (κ2) is 5.78. The number of nitrogens with one attached hydrogen (secondary N) is 2. The van der Waals surface area contributed by atoms with Crippen LogP contribution in [-0.2, 0) is 0 Å². The molecule has 0 aliphatic carbocycles. The molecule has 15 heavy (non-hydrogen) atoms. The molecule has 0 fully saturated rings. The van der Waals surface area contributed by atoms with Crippen LogP contribution in [0.5, 0.6) is 0 Å². The molecule has 1 aromatic rings. The van der Waals surface area contributed by atoms with Gasteiger partial charge in [-0.3, -0.25) is 4.79 Å². The molecule has 1 amide bonds. The molecular weight excluding hydrogens is 216 g/mol. The maximum atomic E-state index is 11.4. The average molecular weight is 231 g/mol. The first kappa shape index (κ1) is 12.1. The highest BCUT2D eigenvalue weighted by atomic mass is 35.5. The zero-order chi connectivity index (χ0) is 11.3. The molecule has 0 aromatic carbocycles. The zero-order valence-electron chi connectivity index (χ0n) is 8.59. The monoisotopic (exact) mass is 230 g/mol. The molecule has 0 aliphatic heterocycles. The summed E-state index contributed by atoms with van der Waals surface area (Å²) in [5.41, 5.74) is 0.456. The normalized spacial score (nSPS) is 12.5. The van der Waals surface area contributed by atoms with Crippen molar-refractivity contribution in [2.24, 2.45) is 0 Å². The fourth-order valence-electron chi connectivity index (χ4n) is 1.19. The number of aliphatic hydroxyl groups excluding tert-OH is 1. The van der Waals surface area contributed by atoms with Crippen LogP contribution in [0.3, 0.4) is 0 Å². The topological polar surface area (TPSA) is 65.1 Å². The van der Waals surface area contributed by atoms with Gasteiger partial charge in [0.1, 0.15) is 5.69 Å². The summed E-state index contributed by atoms with van der Waals surface area (Å²) < 4.78 is 0. The van der Waals surface area contributed by atoms with Crippen molar-refractivity contribution >= 4 is 17.5 Å². The van der Waals surface area contributed by atoms with Crippen molar-refractivity contribution in [2.45, 2.75) is 25.9 Å². The number of amides is 1. The van der Waals surface area contributed by atoms with Gasteiger partial charge in [0.05, 0.1) is 11.1 Å². The lowest BCUT2D eigenvalue weighted by molar-refractivity contribution is 0.0945. The van der Waals surface area contributed by atoms with Crippen molar-refractivity contribution in [1.82, 2.24) is 10.3 Å². The van der Waals surface area contributed by atoms with E-state index in [-0.39, 0.29) is 12.0 Å². The second-order valence-electron chi connectivity index (χ2n) is 3.48. The molecule has 3 N–H and O–H groups in total. The Morgan fingerprint density at radius 3 is 3.00 bits per heavy atom. The quantitative estimate of drug-likeness (QED) is 0.672. The van der Waals surface area contributed by atoms with Gasteiger partial charge in [-0.15, -0.1) is 0 Å². The van der Waals surface area contributed by atoms with E-state index in [4.69, 9.17) is 16.7 Å². The number of carbonyl (C=O) groups excluding carboxylic acids is 1. The predicted molar refractivity (Wildman–Crippen MR) is 59.1 cm³/mol. The van der Waals surface area contributed by atoms with E-state index >= 15 is 0 Å². The summed E-state index contributed by atoms with van der Waals surface area (Å²) >= 11 is 5.66. The van der Waals surface area contributed by atoms with Crippen LogP contribution in [-0.4, -0.2) is 28.6 Å². The summed E-state index contributed by atoms with van der Waals surface area (Å²) in [5.74, 6) is -0.174. The fraction of sp³-hybridized carbons (Fsp3) is 0.500. The molecular formula is C10H15ClN2O2. The Labute approximate surface area is 93.6 Å². The number of carbonyl (C=O) groups is 1. The van der Waals surface area contributed by atoms with Gasteiger partial charge in [-0.25, -0.2) is 0 Å². The molecule has 1 aromatic heterocycles. The van der Waals surface area contributed by atoms with Gasteiger partial charge in [-0.05, 0) is 25.8 Å². The van der Waals surface area contributed by atoms with E-state index in [1.165, 1.54) is 0 Å². The molecule has 5 heteroatoms. The molecule has 0 spiro atoms. The highest BCUT2D eigenvalue weighted by Crippen LogP contribution is 2.08. The molecule has 0 saturated heterocycles. The van der Waals surface area contributed by atoms with Crippen LogP contribution in [0.2, 0.25) is 5.02 Å². The number of hydrogen-bond donors (Lipinski definition) is 3. The summed E-state index contributed by atoms with van der Waals surface area (Å²) in [6.07, 6.45) is 2.69. The van der Waals surface area contributed by atoms with E-state index in [0.29, 0.717) is 23.7 Å². The Morgan fingerprint density at radius 1 is 1.73 bits per heavy atom. The molecule has 84 valence electrons. The predicted octanol–water partition coefficient (Wildman–Crippen LogP) is 1.56. The number of aromatic amines is 1. The van der Waals surface area contributed by atoms with Gasteiger partial charge < -0.3 is 15.4 Å². The number of aliphatic hydroxyl groups is 1. The Morgan fingerprint density at radius 2 is 2.47 bits per heavy atom. The van der Waals surface area contributed by atoms with E-state index in [2.05, 4.69) is 10.3 Å². The van der Waals surface area contributed by atoms with Crippen molar-refractivity contribution in [1.29, 1.82) is 0 Å². The summed E-state index contributed by atoms with van der Waals surface area (Å²) in [7, 11) is 0. The first-order chi connectivity index (χ1) is 7.09. The molecule has 0 radical (unpaired) electrons. The third-order valence-electron chi connectivity index (χ3n) is 1.98. The van der Waals surface area contributed by atoms with Crippen molar-refractivity contribution in [3.63, 3.8) is 0 Å². The lowest BCUT2D eigenvalue weighted by atomic mass is 10.2. The summed E-state index contributed by atoms with van der Waals surface area (Å²) in [6, 6.07) is 1.57. The van der Waals surface area contributed by atoms with Crippen LogP contribution >= 0.6 is 11.6 Å².